The monoisotopic (exact) mass is 355 g/mol. The highest BCUT2D eigenvalue weighted by Crippen LogP contribution is 2.43. The van der Waals surface area contributed by atoms with Crippen LogP contribution >= 0.6 is 0 Å². The molecule has 134 valence electrons. The van der Waals surface area contributed by atoms with Crippen molar-refractivity contribution in [3.8, 4) is 5.75 Å². The third kappa shape index (κ3) is 3.71. The molecule has 1 aliphatic carbocycles. The van der Waals surface area contributed by atoms with Crippen LogP contribution in [0.1, 0.15) is 53.1 Å². The van der Waals surface area contributed by atoms with E-state index in [1.807, 2.05) is 0 Å². The van der Waals surface area contributed by atoms with Crippen molar-refractivity contribution < 1.29 is 17.9 Å². The molecular formula is C16H25N3O4S. The topological polar surface area (TPSA) is 125 Å². The molecule has 1 aromatic carbocycles. The number of nitrogens with two attached hydrogens (primary N) is 2. The summed E-state index contributed by atoms with van der Waals surface area (Å²) in [4.78, 5) is 12.5. The normalized spacial score (nSPS) is 15.8. The molecule has 0 atom stereocenters. The van der Waals surface area contributed by atoms with Gasteiger partial charge in [0.15, 0.2) is 9.84 Å². The predicted molar refractivity (Wildman–Crippen MR) is 91.7 cm³/mol. The van der Waals surface area contributed by atoms with E-state index >= 15 is 0 Å². The fraction of sp³-hybridized carbons (Fsp3) is 0.562. The Morgan fingerprint density at radius 3 is 2.38 bits per heavy atom. The highest BCUT2D eigenvalue weighted by atomic mass is 32.2. The first-order valence-corrected chi connectivity index (χ1v) is 9.79. The molecule has 1 saturated carbocycles. The number of methoxy groups -OCH3 is 1. The number of benzene rings is 1. The number of carbonyl (C=O) groups excluding carboxylic acids is 1. The standard InChI is InChI=1S/C16H25N3O4S/c1-9-13(10-6-4-5-7-10)12(24(3,21)22)8-11(14(9)23-2)15(20)19-16(17)18/h8,10,16H,4-7,17-18H2,1-3H3,(H,19,20). The molecular weight excluding hydrogens is 330 g/mol. The smallest absolute Gasteiger partial charge is 0.257 e. The fourth-order valence-electron chi connectivity index (χ4n) is 3.47. The van der Waals surface area contributed by atoms with Gasteiger partial charge in [0, 0.05) is 6.26 Å². The molecule has 2 rings (SSSR count). The summed E-state index contributed by atoms with van der Waals surface area (Å²) in [5.41, 5.74) is 12.4. The van der Waals surface area contributed by atoms with Crippen LogP contribution in [0.3, 0.4) is 0 Å². The summed E-state index contributed by atoms with van der Waals surface area (Å²) in [6, 6.07) is 1.38. The number of carbonyl (C=O) groups is 1. The molecule has 1 aromatic rings. The lowest BCUT2D eigenvalue weighted by Crippen LogP contribution is -2.48. The van der Waals surface area contributed by atoms with Gasteiger partial charge in [0.2, 0.25) is 0 Å². The number of nitrogens with one attached hydrogen (secondary N) is 1. The molecule has 7 nitrogen and oxygen atoms in total. The Morgan fingerprint density at radius 2 is 1.92 bits per heavy atom. The quantitative estimate of drug-likeness (QED) is 0.677. The Kier molecular flexibility index (Phi) is 5.52. The van der Waals surface area contributed by atoms with Gasteiger partial charge in [-0.05, 0) is 42.9 Å². The van der Waals surface area contributed by atoms with Crippen molar-refractivity contribution in [2.45, 2.75) is 49.7 Å². The van der Waals surface area contributed by atoms with Crippen LogP contribution in [-0.4, -0.2) is 34.0 Å². The van der Waals surface area contributed by atoms with E-state index in [2.05, 4.69) is 5.32 Å². The van der Waals surface area contributed by atoms with E-state index in [-0.39, 0.29) is 16.4 Å². The predicted octanol–water partition coefficient (Wildman–Crippen LogP) is 0.996. The Morgan fingerprint density at radius 1 is 1.33 bits per heavy atom. The average molecular weight is 355 g/mol. The lowest BCUT2D eigenvalue weighted by molar-refractivity contribution is 0.0935. The van der Waals surface area contributed by atoms with Crippen molar-refractivity contribution >= 4 is 15.7 Å². The van der Waals surface area contributed by atoms with E-state index in [0.29, 0.717) is 11.3 Å². The van der Waals surface area contributed by atoms with E-state index in [1.54, 1.807) is 6.92 Å². The molecule has 24 heavy (non-hydrogen) atoms. The van der Waals surface area contributed by atoms with Gasteiger partial charge in [-0.1, -0.05) is 12.8 Å². The van der Waals surface area contributed by atoms with Crippen LogP contribution in [0.15, 0.2) is 11.0 Å². The van der Waals surface area contributed by atoms with E-state index in [4.69, 9.17) is 16.2 Å². The summed E-state index contributed by atoms with van der Waals surface area (Å²) in [5, 5.41) is 2.37. The minimum absolute atomic E-state index is 0.123. The number of ether oxygens (including phenoxy) is 1. The van der Waals surface area contributed by atoms with Crippen LogP contribution in [-0.2, 0) is 9.84 Å². The van der Waals surface area contributed by atoms with Gasteiger partial charge < -0.3 is 10.1 Å². The second-order valence-electron chi connectivity index (χ2n) is 6.25. The van der Waals surface area contributed by atoms with Gasteiger partial charge in [-0.15, -0.1) is 0 Å². The molecule has 8 heteroatoms. The highest BCUT2D eigenvalue weighted by molar-refractivity contribution is 7.90. The molecule has 1 amide bonds. The SMILES string of the molecule is COc1c(C(=O)NC(N)N)cc(S(C)(=O)=O)c(C2CCCC2)c1C. The first-order valence-electron chi connectivity index (χ1n) is 7.90. The van der Waals surface area contributed by atoms with Crippen LogP contribution in [0.5, 0.6) is 5.75 Å². The van der Waals surface area contributed by atoms with Crippen molar-refractivity contribution in [2.75, 3.05) is 13.4 Å². The number of rotatable bonds is 5. The van der Waals surface area contributed by atoms with Crippen LogP contribution < -0.4 is 21.5 Å². The largest absolute Gasteiger partial charge is 0.496 e. The molecule has 0 spiro atoms. The van der Waals surface area contributed by atoms with Crippen molar-refractivity contribution in [3.05, 3.63) is 22.8 Å². The van der Waals surface area contributed by atoms with Gasteiger partial charge in [-0.3, -0.25) is 16.3 Å². The number of sulfone groups is 1. The second-order valence-corrected chi connectivity index (χ2v) is 8.23. The van der Waals surface area contributed by atoms with Gasteiger partial charge in [-0.25, -0.2) is 8.42 Å². The number of hydrogen-bond acceptors (Lipinski definition) is 6. The van der Waals surface area contributed by atoms with Gasteiger partial charge in [0.25, 0.3) is 5.91 Å². The third-order valence-electron chi connectivity index (χ3n) is 4.44. The zero-order valence-corrected chi connectivity index (χ0v) is 15.1. The van der Waals surface area contributed by atoms with Gasteiger partial charge >= 0.3 is 0 Å². The second kappa shape index (κ2) is 7.08. The highest BCUT2D eigenvalue weighted by Gasteiger charge is 2.30. The lowest BCUT2D eigenvalue weighted by Gasteiger charge is -2.22. The minimum Gasteiger partial charge on any atom is -0.496 e. The van der Waals surface area contributed by atoms with Crippen molar-refractivity contribution in [1.82, 2.24) is 5.32 Å². The first kappa shape index (κ1) is 18.7. The van der Waals surface area contributed by atoms with Crippen LogP contribution in [0.25, 0.3) is 0 Å². The summed E-state index contributed by atoms with van der Waals surface area (Å²) >= 11 is 0. The summed E-state index contributed by atoms with van der Waals surface area (Å²) in [7, 11) is -2.04. The van der Waals surface area contributed by atoms with Crippen LogP contribution in [0.2, 0.25) is 0 Å². The van der Waals surface area contributed by atoms with Gasteiger partial charge in [0.1, 0.15) is 12.0 Å². The molecule has 5 N–H and O–H groups in total. The van der Waals surface area contributed by atoms with E-state index in [1.165, 1.54) is 13.2 Å². The maximum absolute atomic E-state index is 12.4. The van der Waals surface area contributed by atoms with E-state index in [9.17, 15) is 13.2 Å². The molecule has 0 radical (unpaired) electrons. The molecule has 0 bridgehead atoms. The molecule has 1 aliphatic rings. The molecule has 0 saturated heterocycles. The Labute approximate surface area is 142 Å². The fourth-order valence-corrected chi connectivity index (χ4v) is 4.52. The Balaban J connectivity index is 2.71. The molecule has 1 fully saturated rings. The Bertz CT molecular complexity index is 738. The zero-order valence-electron chi connectivity index (χ0n) is 14.3. The third-order valence-corrected chi connectivity index (χ3v) is 5.58. The molecule has 0 aromatic heterocycles. The molecule has 0 aliphatic heterocycles. The molecule has 0 unspecified atom stereocenters. The summed E-state index contributed by atoms with van der Waals surface area (Å²) in [6.45, 7) is 1.79. The van der Waals surface area contributed by atoms with Crippen molar-refractivity contribution in [3.63, 3.8) is 0 Å². The van der Waals surface area contributed by atoms with Crippen LogP contribution in [0, 0.1) is 6.92 Å². The van der Waals surface area contributed by atoms with Crippen LogP contribution in [0.4, 0.5) is 0 Å². The lowest BCUT2D eigenvalue weighted by atomic mass is 9.91. The molecule has 0 heterocycles. The van der Waals surface area contributed by atoms with E-state index < -0.39 is 22.0 Å². The van der Waals surface area contributed by atoms with Crippen molar-refractivity contribution in [2.24, 2.45) is 11.5 Å². The summed E-state index contributed by atoms with van der Waals surface area (Å²) in [6.07, 6.45) is 4.12. The summed E-state index contributed by atoms with van der Waals surface area (Å²) < 4.78 is 30.1. The zero-order chi connectivity index (χ0) is 18.1. The van der Waals surface area contributed by atoms with Gasteiger partial charge in [-0.2, -0.15) is 0 Å². The van der Waals surface area contributed by atoms with Gasteiger partial charge in [0.05, 0.1) is 17.6 Å². The minimum atomic E-state index is -3.50. The maximum atomic E-state index is 12.4. The Hall–Kier alpha value is -1.64. The number of amides is 1. The number of hydrogen-bond donors (Lipinski definition) is 3. The van der Waals surface area contributed by atoms with E-state index in [0.717, 1.165) is 37.5 Å². The maximum Gasteiger partial charge on any atom is 0.257 e. The average Bonchev–Trinajstić information content (AvgIpc) is 2.98. The first-order chi connectivity index (χ1) is 11.2. The summed E-state index contributed by atoms with van der Waals surface area (Å²) in [5.74, 6) is -0.0345. The van der Waals surface area contributed by atoms with Crippen molar-refractivity contribution in [1.29, 1.82) is 0 Å².